The van der Waals surface area contributed by atoms with Crippen LogP contribution in [0.1, 0.15) is 129 Å². The van der Waals surface area contributed by atoms with E-state index in [0.29, 0.717) is 89.3 Å². The number of rotatable bonds is 19. The summed E-state index contributed by atoms with van der Waals surface area (Å²) < 4.78 is 0. The van der Waals surface area contributed by atoms with Gasteiger partial charge in [0.05, 0.1) is 19.1 Å². The van der Waals surface area contributed by atoms with E-state index in [0.717, 1.165) is 0 Å². The zero-order chi connectivity index (χ0) is 60.3. The number of nitrogens with one attached hydrogen (secondary N) is 7. The van der Waals surface area contributed by atoms with Gasteiger partial charge in [0.15, 0.2) is 11.9 Å². The summed E-state index contributed by atoms with van der Waals surface area (Å²) in [6.07, 6.45) is 6.60. The zero-order valence-corrected chi connectivity index (χ0v) is 47.7. The van der Waals surface area contributed by atoms with Crippen molar-refractivity contribution >= 4 is 65.2 Å². The molecule has 1 fully saturated rings. The van der Waals surface area contributed by atoms with Crippen molar-refractivity contribution < 1.29 is 48.3 Å². The lowest BCUT2D eigenvalue weighted by Crippen LogP contribution is -2.61. The van der Waals surface area contributed by atoms with E-state index in [4.69, 9.17) is 40.1 Å². The van der Waals surface area contributed by atoms with Gasteiger partial charge >= 0.3 is 6.03 Å². The van der Waals surface area contributed by atoms with Gasteiger partial charge in [0.25, 0.3) is 0 Å². The van der Waals surface area contributed by atoms with Gasteiger partial charge in [-0.3, -0.25) is 48.3 Å². The molecule has 0 unspecified atom stereocenters. The van der Waals surface area contributed by atoms with Crippen LogP contribution in [-0.2, 0) is 44.8 Å². The first-order chi connectivity index (χ1) is 38.5. The van der Waals surface area contributed by atoms with Crippen molar-refractivity contribution in [1.29, 1.82) is 0 Å². The number of carbonyl (C=O) groups is 9. The summed E-state index contributed by atoms with van der Waals surface area (Å²) in [4.78, 5) is 134. The van der Waals surface area contributed by atoms with Gasteiger partial charge in [-0.15, -0.1) is 0 Å². The number of nitrogens with two attached hydrogens (primary N) is 7. The Morgan fingerprint density at radius 1 is 0.642 bits per heavy atom. The van der Waals surface area contributed by atoms with E-state index >= 15 is 0 Å². The van der Waals surface area contributed by atoms with Crippen molar-refractivity contribution in [2.24, 2.45) is 56.0 Å². The van der Waals surface area contributed by atoms with E-state index in [-0.39, 0.29) is 94.3 Å². The lowest BCUT2D eigenvalue weighted by molar-refractivity contribution is -0.140. The van der Waals surface area contributed by atoms with Gasteiger partial charge < -0.3 is 92.3 Å². The van der Waals surface area contributed by atoms with Crippen LogP contribution in [-0.4, -0.2) is 175 Å². The minimum atomic E-state index is -1.43. The molecule has 22 N–H and O–H groups in total. The van der Waals surface area contributed by atoms with Crippen LogP contribution < -0.4 is 77.4 Å². The molecule has 0 radical (unpaired) electrons. The predicted octanol–water partition coefficient (Wildman–Crippen LogP) is -2.44. The van der Waals surface area contributed by atoms with Crippen LogP contribution in [0.5, 0.6) is 5.75 Å². The molecule has 10 amide bonds. The Labute approximate surface area is 475 Å². The second-order valence-corrected chi connectivity index (χ2v) is 20.7. The van der Waals surface area contributed by atoms with Crippen LogP contribution in [0.25, 0.3) is 0 Å². The standard InChI is InChI=1S/C53H94N18O10/c1-4-15-38-45(75)68-41(30-35-19-21-36(72)22-20-35)47(77)69-42(31-54)48(78)67-40(23-18-34(2)3)50(80)70(32-43(56)73)28-11-7-5-9-24-63-53(81)64-25-10-6-8-12-29-71(49(79)37(55)16-13-26-61-51(57)58)33-44(74)65-39(46(76)66-38)17-14-27-62-52(59)60/h19-22,34,37-42,72H,4-18,23-33,54-55H2,1-3H3,(H2,56,73)(H,65,74)(H,66,76)(H,67,78)(H,68,75)(H,69,77)(H4,57,58,61)(H4,59,60,62)(H2,63,64,81)/t37-,38-,39-,40-,41-,42-/m0/s1. The number of amides is 10. The fourth-order valence-electron chi connectivity index (χ4n) is 8.75. The van der Waals surface area contributed by atoms with Crippen LogP contribution in [0, 0.1) is 5.92 Å². The summed E-state index contributed by atoms with van der Waals surface area (Å²) in [7, 11) is 0. The predicted molar refractivity (Wildman–Crippen MR) is 308 cm³/mol. The Hall–Kier alpha value is -7.49. The number of nitrogens with zero attached hydrogens (tertiary/aromatic N) is 4. The normalized spacial score (nSPS) is 21.3. The van der Waals surface area contributed by atoms with E-state index in [2.05, 4.69) is 47.2 Å². The number of guanidine groups is 2. The number of hydrogen-bond acceptors (Lipinski definition) is 14. The number of primary amides is 1. The first-order valence-corrected chi connectivity index (χ1v) is 28.3. The van der Waals surface area contributed by atoms with Gasteiger partial charge in [-0.25, -0.2) is 4.79 Å². The molecule has 1 heterocycles. The van der Waals surface area contributed by atoms with Gasteiger partial charge in [-0.1, -0.05) is 65.0 Å². The topological polar surface area (TPSA) is 471 Å². The van der Waals surface area contributed by atoms with E-state index in [9.17, 15) is 48.3 Å². The van der Waals surface area contributed by atoms with E-state index in [1.54, 1.807) is 6.92 Å². The number of urea groups is 1. The number of hydrogen-bond donors (Lipinski definition) is 15. The average Bonchev–Trinajstić information content (AvgIpc) is 3.41. The number of phenolic OH excluding ortho intramolecular Hbond substituents is 1. The lowest BCUT2D eigenvalue weighted by Gasteiger charge is -2.29. The van der Waals surface area contributed by atoms with Crippen LogP contribution in [0.2, 0.25) is 0 Å². The molecule has 1 aromatic carbocycles. The lowest BCUT2D eigenvalue weighted by atomic mass is 10.0. The molecule has 6 atom stereocenters. The van der Waals surface area contributed by atoms with E-state index in [1.807, 2.05) is 13.8 Å². The fraction of sp³-hybridized carbons (Fsp3) is 0.679. The molecule has 0 aliphatic carbocycles. The van der Waals surface area contributed by atoms with Gasteiger partial charge in [-0.2, -0.15) is 0 Å². The molecule has 1 saturated heterocycles. The second kappa shape index (κ2) is 39.0. The molecule has 2 rings (SSSR count). The van der Waals surface area contributed by atoms with Crippen molar-refractivity contribution in [2.45, 2.75) is 166 Å². The van der Waals surface area contributed by atoms with Crippen molar-refractivity contribution in [2.75, 3.05) is 58.9 Å². The van der Waals surface area contributed by atoms with Crippen LogP contribution >= 0.6 is 0 Å². The minimum Gasteiger partial charge on any atom is -0.508 e. The fourth-order valence-corrected chi connectivity index (χ4v) is 8.75. The first-order valence-electron chi connectivity index (χ1n) is 28.3. The summed E-state index contributed by atoms with van der Waals surface area (Å²) in [5, 5.41) is 29.2. The smallest absolute Gasteiger partial charge is 0.314 e. The zero-order valence-electron chi connectivity index (χ0n) is 47.7. The Balaban J connectivity index is 2.60. The molecule has 456 valence electrons. The molecule has 0 saturated carbocycles. The van der Waals surface area contributed by atoms with Crippen LogP contribution in [0.4, 0.5) is 4.79 Å². The van der Waals surface area contributed by atoms with Gasteiger partial charge in [0, 0.05) is 52.2 Å². The highest BCUT2D eigenvalue weighted by Gasteiger charge is 2.34. The summed E-state index contributed by atoms with van der Waals surface area (Å²) in [6, 6.07) is -2.03. The highest BCUT2D eigenvalue weighted by Crippen LogP contribution is 2.15. The molecule has 28 heteroatoms. The molecule has 0 spiro atoms. The van der Waals surface area contributed by atoms with E-state index < -0.39 is 103 Å². The number of phenols is 1. The Morgan fingerprint density at radius 3 is 1.73 bits per heavy atom. The molecule has 1 aliphatic rings. The molecule has 0 aromatic heterocycles. The largest absolute Gasteiger partial charge is 0.508 e. The SMILES string of the molecule is CCC[C@@H]1NC(=O)[C@H](CCCN=C(N)N)NC(=O)CN(C(=O)[C@@H](N)CCCN=C(N)N)CCCCCCNC(=O)NCCCCCCN(CC(N)=O)C(=O)[C@H](CCC(C)C)NC(=O)[C@H](CN)NC(=O)[C@H](Cc2ccc(O)cc2)NC1=O. The Kier molecular flexibility index (Phi) is 33.5. The maximum Gasteiger partial charge on any atom is 0.314 e. The van der Waals surface area contributed by atoms with Crippen LogP contribution in [0.3, 0.4) is 0 Å². The van der Waals surface area contributed by atoms with Gasteiger partial charge in [-0.05, 0) is 94.2 Å². The molecule has 28 nitrogen and oxygen atoms in total. The third-order valence-corrected chi connectivity index (χ3v) is 13.2. The summed E-state index contributed by atoms with van der Waals surface area (Å²) in [5.41, 5.74) is 40.5. The Bertz CT molecular complexity index is 2210. The number of aromatic hydroxyl groups is 1. The van der Waals surface area contributed by atoms with Crippen molar-refractivity contribution in [1.82, 2.24) is 47.0 Å². The number of aliphatic imine (C=N–C) groups is 2. The summed E-state index contributed by atoms with van der Waals surface area (Å²) >= 11 is 0. The number of benzene rings is 1. The first kappa shape index (κ1) is 69.6. The van der Waals surface area contributed by atoms with Crippen molar-refractivity contribution in [3.05, 3.63) is 29.8 Å². The molecular formula is C53H94N18O10. The quantitative estimate of drug-likeness (QED) is 0.0389. The van der Waals surface area contributed by atoms with Gasteiger partial charge in [0.1, 0.15) is 36.0 Å². The summed E-state index contributed by atoms with van der Waals surface area (Å²) in [6.45, 7) is 5.70. The van der Waals surface area contributed by atoms with Crippen LogP contribution in [0.15, 0.2) is 34.3 Å². The second-order valence-electron chi connectivity index (χ2n) is 20.7. The third-order valence-electron chi connectivity index (χ3n) is 13.2. The molecular weight excluding hydrogens is 1050 g/mol. The number of carbonyl (C=O) groups excluding carboxylic acids is 9. The third kappa shape index (κ3) is 29.5. The molecule has 0 bridgehead atoms. The monoisotopic (exact) mass is 1140 g/mol. The molecule has 1 aliphatic heterocycles. The Morgan fingerprint density at radius 2 is 1.16 bits per heavy atom. The molecule has 1 aromatic rings. The average molecular weight is 1140 g/mol. The van der Waals surface area contributed by atoms with Crippen molar-refractivity contribution in [3.8, 4) is 5.75 Å². The van der Waals surface area contributed by atoms with E-state index in [1.165, 1.54) is 34.1 Å². The maximum atomic E-state index is 14.4. The maximum absolute atomic E-state index is 14.4. The highest BCUT2D eigenvalue weighted by molar-refractivity contribution is 5.97. The van der Waals surface area contributed by atoms with Crippen molar-refractivity contribution in [3.63, 3.8) is 0 Å². The summed E-state index contributed by atoms with van der Waals surface area (Å²) in [5.74, 6) is -6.01. The van der Waals surface area contributed by atoms with Gasteiger partial charge in [0.2, 0.25) is 47.3 Å². The highest BCUT2D eigenvalue weighted by atomic mass is 16.3. The minimum absolute atomic E-state index is 0.0132. The molecule has 81 heavy (non-hydrogen) atoms.